The lowest BCUT2D eigenvalue weighted by Crippen LogP contribution is -2.71. The van der Waals surface area contributed by atoms with Crippen LogP contribution in [0.1, 0.15) is 32.3 Å². The molecule has 3 aromatic carbocycles. The average molecular weight is 749 g/mol. The van der Waals surface area contributed by atoms with Gasteiger partial charge in [-0.05, 0) is 35.3 Å². The van der Waals surface area contributed by atoms with Gasteiger partial charge in [0, 0.05) is 22.2 Å². The number of carboxylic acid groups (broad SMARTS) is 1. The number of amides is 2. The molecule has 52 heavy (non-hydrogen) atoms. The van der Waals surface area contributed by atoms with Crippen molar-refractivity contribution in [1.82, 2.24) is 20.2 Å². The summed E-state index contributed by atoms with van der Waals surface area (Å²) in [7, 11) is 1.32. The maximum atomic E-state index is 13.8. The molecule has 5 aromatic rings. The minimum Gasteiger partial charge on any atom is -0.477 e. The van der Waals surface area contributed by atoms with Crippen LogP contribution in [0.15, 0.2) is 125 Å². The van der Waals surface area contributed by atoms with Gasteiger partial charge in [-0.15, -0.1) is 34.4 Å². The van der Waals surface area contributed by atoms with Crippen molar-refractivity contribution < 1.29 is 24.3 Å². The summed E-state index contributed by atoms with van der Waals surface area (Å²) in [6.45, 7) is 1.89. The number of fused-ring (bicyclic) bond motifs is 1. The molecule has 0 saturated carbocycles. The van der Waals surface area contributed by atoms with E-state index in [4.69, 9.17) is 9.82 Å². The zero-order valence-corrected chi connectivity index (χ0v) is 30.4. The van der Waals surface area contributed by atoms with E-state index in [1.807, 2.05) is 61.5 Å². The van der Waals surface area contributed by atoms with Crippen molar-refractivity contribution in [2.45, 2.75) is 23.9 Å². The van der Waals surface area contributed by atoms with E-state index in [1.165, 1.54) is 46.4 Å². The van der Waals surface area contributed by atoms with Gasteiger partial charge in [0.25, 0.3) is 11.8 Å². The van der Waals surface area contributed by atoms with E-state index in [-0.39, 0.29) is 17.1 Å². The molecule has 0 bridgehead atoms. The standard InChI is InChI=1S/C38H32N6O5S3/c1-23-39-20-28(52-23)19-18-24-21-50-35-31(34(46)44(35)32(24)36(47)48)41-33(45)30(43-49-2)29-22-51-37(40-29)42-38(25-12-6-3-7-13-25,26-14-8-4-9-15-26)27-16-10-5-11-17-27/h3-20,22,31,35H,21H2,1-2H3,(H,40,42)(H,41,45)(H,47,48)/t31?,35-/m1/s1. The van der Waals surface area contributed by atoms with Crippen molar-refractivity contribution in [3.05, 3.63) is 152 Å². The summed E-state index contributed by atoms with van der Waals surface area (Å²) in [6.07, 6.45) is 5.21. The number of aliphatic carboxylic acids is 1. The van der Waals surface area contributed by atoms with E-state index >= 15 is 0 Å². The number of aromatic nitrogens is 2. The number of benzene rings is 3. The number of thiazole rings is 2. The number of nitrogens with one attached hydrogen (secondary N) is 2. The lowest BCUT2D eigenvalue weighted by atomic mass is 9.77. The number of carbonyl (C=O) groups is 3. The lowest BCUT2D eigenvalue weighted by Gasteiger charge is -2.49. The van der Waals surface area contributed by atoms with Crippen LogP contribution in [0.4, 0.5) is 5.13 Å². The zero-order chi connectivity index (χ0) is 36.2. The molecule has 11 nitrogen and oxygen atoms in total. The second-order valence-electron chi connectivity index (χ2n) is 11.8. The van der Waals surface area contributed by atoms with Crippen LogP contribution in [-0.2, 0) is 24.8 Å². The fraction of sp³-hybridized carbons (Fsp3) is 0.158. The maximum absolute atomic E-state index is 13.8. The number of hydrogen-bond acceptors (Lipinski definition) is 11. The Balaban J connectivity index is 1.14. The van der Waals surface area contributed by atoms with Gasteiger partial charge in [-0.1, -0.05) is 102 Å². The SMILES string of the molecule is CON=C(C(=O)NC1C(=O)N2C(C(=O)O)=C(C=Cc3cnc(C)s3)CS[C@H]12)c1csc(NC(c2ccccc2)(c2ccccc2)c2ccccc2)n1. The normalized spacial score (nSPS) is 17.5. The highest BCUT2D eigenvalue weighted by Gasteiger charge is 2.54. The van der Waals surface area contributed by atoms with Gasteiger partial charge in [-0.2, -0.15) is 0 Å². The Morgan fingerprint density at radius 1 is 0.981 bits per heavy atom. The average Bonchev–Trinajstić information content (AvgIpc) is 3.82. The van der Waals surface area contributed by atoms with Crippen LogP contribution < -0.4 is 10.6 Å². The summed E-state index contributed by atoms with van der Waals surface area (Å²) in [6, 6.07) is 29.2. The molecule has 2 aliphatic rings. The number of carboxylic acids is 1. The van der Waals surface area contributed by atoms with Gasteiger partial charge in [-0.3, -0.25) is 14.5 Å². The second kappa shape index (κ2) is 15.0. The summed E-state index contributed by atoms with van der Waals surface area (Å²) in [5.41, 5.74) is 2.63. The molecule has 3 N–H and O–H groups in total. The first-order valence-corrected chi connectivity index (χ1v) is 18.9. The van der Waals surface area contributed by atoms with Crippen molar-refractivity contribution in [3.63, 3.8) is 0 Å². The van der Waals surface area contributed by atoms with Gasteiger partial charge in [0.15, 0.2) is 10.8 Å². The van der Waals surface area contributed by atoms with Crippen LogP contribution >= 0.6 is 34.4 Å². The molecular formula is C38H32N6O5S3. The number of thioether (sulfide) groups is 1. The van der Waals surface area contributed by atoms with Crippen LogP contribution in [0, 0.1) is 6.92 Å². The van der Waals surface area contributed by atoms with Crippen LogP contribution in [0.25, 0.3) is 6.08 Å². The molecule has 2 amide bonds. The highest BCUT2D eigenvalue weighted by Crippen LogP contribution is 2.42. The minimum absolute atomic E-state index is 0.100. The molecular weight excluding hydrogens is 717 g/mol. The third kappa shape index (κ3) is 6.63. The Hall–Kier alpha value is -5.57. The highest BCUT2D eigenvalue weighted by molar-refractivity contribution is 8.00. The van der Waals surface area contributed by atoms with Gasteiger partial charge < -0.3 is 20.6 Å². The Kier molecular flexibility index (Phi) is 10.0. The van der Waals surface area contributed by atoms with E-state index in [1.54, 1.807) is 23.7 Å². The third-order valence-electron chi connectivity index (χ3n) is 8.63. The van der Waals surface area contributed by atoms with Crippen molar-refractivity contribution in [1.29, 1.82) is 0 Å². The van der Waals surface area contributed by atoms with E-state index < -0.39 is 34.7 Å². The number of hydrogen-bond donors (Lipinski definition) is 3. The topological polar surface area (TPSA) is 146 Å². The Morgan fingerprint density at radius 2 is 1.60 bits per heavy atom. The quantitative estimate of drug-likeness (QED) is 0.0595. The van der Waals surface area contributed by atoms with E-state index in [2.05, 4.69) is 57.2 Å². The monoisotopic (exact) mass is 748 g/mol. The first-order valence-electron chi connectivity index (χ1n) is 16.1. The van der Waals surface area contributed by atoms with E-state index in [0.29, 0.717) is 16.5 Å². The molecule has 4 heterocycles. The summed E-state index contributed by atoms with van der Waals surface area (Å²) in [4.78, 5) is 55.7. The highest BCUT2D eigenvalue weighted by atomic mass is 32.2. The minimum atomic E-state index is -1.22. The molecule has 2 atom stereocenters. The van der Waals surface area contributed by atoms with Crippen LogP contribution in [0.2, 0.25) is 0 Å². The van der Waals surface area contributed by atoms with Crippen molar-refractivity contribution in [2.75, 3.05) is 18.2 Å². The molecule has 0 spiro atoms. The van der Waals surface area contributed by atoms with Gasteiger partial charge in [-0.25, -0.2) is 14.8 Å². The van der Waals surface area contributed by atoms with Crippen LogP contribution in [0.5, 0.6) is 0 Å². The molecule has 1 saturated heterocycles. The number of oxime groups is 1. The first kappa shape index (κ1) is 34.9. The number of rotatable bonds is 12. The number of carbonyl (C=O) groups excluding carboxylic acids is 2. The predicted octanol–water partition coefficient (Wildman–Crippen LogP) is 6.11. The van der Waals surface area contributed by atoms with E-state index in [0.717, 1.165) is 26.6 Å². The molecule has 262 valence electrons. The third-order valence-corrected chi connectivity index (χ3v) is 11.6. The Bertz CT molecular complexity index is 2100. The molecule has 0 aliphatic carbocycles. The fourth-order valence-corrected chi connectivity index (χ4v) is 9.05. The lowest BCUT2D eigenvalue weighted by molar-refractivity contribution is -0.150. The molecule has 1 fully saturated rings. The van der Waals surface area contributed by atoms with Gasteiger partial charge >= 0.3 is 5.97 Å². The molecule has 7 rings (SSSR count). The van der Waals surface area contributed by atoms with Gasteiger partial charge in [0.2, 0.25) is 0 Å². The number of nitrogens with zero attached hydrogens (tertiary/aromatic N) is 4. The first-order chi connectivity index (χ1) is 25.3. The molecule has 2 aromatic heterocycles. The van der Waals surface area contributed by atoms with Crippen molar-refractivity contribution >= 4 is 69.1 Å². The van der Waals surface area contributed by atoms with Gasteiger partial charge in [0.1, 0.15) is 35.5 Å². The molecule has 2 aliphatic heterocycles. The van der Waals surface area contributed by atoms with E-state index in [9.17, 15) is 19.5 Å². The van der Waals surface area contributed by atoms with Gasteiger partial charge in [0.05, 0.1) is 5.01 Å². The predicted molar refractivity (Wildman–Crippen MR) is 204 cm³/mol. The number of anilines is 1. The Labute approximate surface area is 311 Å². The number of β-lactam (4-membered cyclic amide) rings is 1. The summed E-state index contributed by atoms with van der Waals surface area (Å²) < 4.78 is 0. The summed E-state index contributed by atoms with van der Waals surface area (Å²) >= 11 is 4.15. The largest absolute Gasteiger partial charge is 0.477 e. The molecule has 14 heteroatoms. The zero-order valence-electron chi connectivity index (χ0n) is 27.9. The van der Waals surface area contributed by atoms with Crippen molar-refractivity contribution in [3.8, 4) is 0 Å². The maximum Gasteiger partial charge on any atom is 0.352 e. The second-order valence-corrected chi connectivity index (χ2v) is 15.0. The Morgan fingerprint density at radius 3 is 2.13 bits per heavy atom. The molecule has 0 radical (unpaired) electrons. The smallest absolute Gasteiger partial charge is 0.352 e. The summed E-state index contributed by atoms with van der Waals surface area (Å²) in [5, 5.41) is 23.0. The van der Waals surface area contributed by atoms with Crippen LogP contribution in [-0.4, -0.2) is 67.7 Å². The number of aryl methyl sites for hydroxylation is 1. The van der Waals surface area contributed by atoms with Crippen LogP contribution in [0.3, 0.4) is 0 Å². The fourth-order valence-electron chi connectivity index (χ4n) is 6.30. The molecule has 1 unspecified atom stereocenters. The number of allylic oxidation sites excluding steroid dienone is 1. The summed E-state index contributed by atoms with van der Waals surface area (Å²) in [5.74, 6) is -2.09. The van der Waals surface area contributed by atoms with Crippen molar-refractivity contribution in [2.24, 2.45) is 5.16 Å².